The molecule has 0 spiro atoms. The van der Waals surface area contributed by atoms with Crippen molar-refractivity contribution in [3.05, 3.63) is 101 Å². The molecule has 0 fully saturated rings. The lowest BCUT2D eigenvalue weighted by molar-refractivity contribution is 0.0923. The molecule has 3 aromatic rings. The fourth-order valence-electron chi connectivity index (χ4n) is 2.95. The number of carbonyl (C=O) groups excluding carboxylic acids is 3. The molecule has 3 aromatic carbocycles. The molecule has 6 heteroatoms. The Labute approximate surface area is 161 Å². The molecule has 0 aliphatic carbocycles. The van der Waals surface area contributed by atoms with Crippen molar-refractivity contribution >= 4 is 29.6 Å². The monoisotopic (exact) mass is 369 g/mol. The molecule has 0 radical (unpaired) electrons. The topological polar surface area (TPSA) is 78.8 Å². The third kappa shape index (κ3) is 3.19. The van der Waals surface area contributed by atoms with Gasteiger partial charge in [-0.25, -0.2) is 10.3 Å². The summed E-state index contributed by atoms with van der Waals surface area (Å²) in [5.41, 5.74) is 4.85. The van der Waals surface area contributed by atoms with E-state index in [1.165, 1.54) is 0 Å². The number of nitrogens with zero attached hydrogens (tertiary/aromatic N) is 2. The number of hydrazone groups is 1. The lowest BCUT2D eigenvalue weighted by Gasteiger charge is -2.14. The molecule has 0 unspecified atom stereocenters. The second-order valence-electron chi connectivity index (χ2n) is 6.15. The predicted molar refractivity (Wildman–Crippen MR) is 106 cm³/mol. The molecule has 0 aromatic heterocycles. The number of amides is 3. The van der Waals surface area contributed by atoms with Crippen LogP contribution in [-0.2, 0) is 0 Å². The molecule has 1 N–H and O–H groups in total. The lowest BCUT2D eigenvalue weighted by Crippen LogP contribution is -2.29. The molecular weight excluding hydrogens is 354 g/mol. The Balaban J connectivity index is 1.47. The average Bonchev–Trinajstić information content (AvgIpc) is 2.99. The molecule has 4 rings (SSSR count). The van der Waals surface area contributed by atoms with Gasteiger partial charge < -0.3 is 0 Å². The van der Waals surface area contributed by atoms with Crippen LogP contribution < -0.4 is 10.3 Å². The lowest BCUT2D eigenvalue weighted by atomic mass is 10.1. The maximum absolute atomic E-state index is 12.5. The number of carbonyl (C=O) groups is 3. The van der Waals surface area contributed by atoms with Gasteiger partial charge in [0.25, 0.3) is 17.7 Å². The van der Waals surface area contributed by atoms with Crippen molar-refractivity contribution in [1.82, 2.24) is 5.43 Å². The van der Waals surface area contributed by atoms with E-state index in [2.05, 4.69) is 10.5 Å². The van der Waals surface area contributed by atoms with Gasteiger partial charge in [0.2, 0.25) is 0 Å². The predicted octanol–water partition coefficient (Wildman–Crippen LogP) is 3.25. The fraction of sp³-hybridized carbons (Fsp3) is 0. The van der Waals surface area contributed by atoms with Gasteiger partial charge in [0.1, 0.15) is 0 Å². The minimum absolute atomic E-state index is 0.366. The van der Waals surface area contributed by atoms with E-state index < -0.39 is 0 Å². The fourth-order valence-corrected chi connectivity index (χ4v) is 2.95. The maximum atomic E-state index is 12.5. The highest BCUT2D eigenvalue weighted by atomic mass is 16.2. The smallest absolute Gasteiger partial charge is 0.268 e. The van der Waals surface area contributed by atoms with Crippen LogP contribution in [0.2, 0.25) is 0 Å². The van der Waals surface area contributed by atoms with Crippen LogP contribution in [0.25, 0.3) is 0 Å². The Hall–Kier alpha value is -4.06. The van der Waals surface area contributed by atoms with Crippen molar-refractivity contribution in [2.75, 3.05) is 4.90 Å². The first kappa shape index (κ1) is 17.4. The summed E-state index contributed by atoms with van der Waals surface area (Å²) in [6, 6.07) is 22.3. The average molecular weight is 369 g/mol. The Morgan fingerprint density at radius 1 is 0.786 bits per heavy atom. The first-order valence-electron chi connectivity index (χ1n) is 8.61. The van der Waals surface area contributed by atoms with Crippen molar-refractivity contribution in [3.8, 4) is 0 Å². The molecule has 0 saturated carbocycles. The van der Waals surface area contributed by atoms with Gasteiger partial charge in [0.15, 0.2) is 0 Å². The normalized spacial score (nSPS) is 13.1. The van der Waals surface area contributed by atoms with Gasteiger partial charge in [0.05, 0.1) is 23.0 Å². The highest BCUT2D eigenvalue weighted by molar-refractivity contribution is 6.34. The summed E-state index contributed by atoms with van der Waals surface area (Å²) in [7, 11) is 0. The summed E-state index contributed by atoms with van der Waals surface area (Å²) in [4.78, 5) is 38.3. The van der Waals surface area contributed by atoms with Gasteiger partial charge in [-0.15, -0.1) is 0 Å². The van der Waals surface area contributed by atoms with E-state index in [9.17, 15) is 14.4 Å². The number of hydrogen-bond acceptors (Lipinski definition) is 4. The first-order chi connectivity index (χ1) is 13.6. The highest BCUT2D eigenvalue weighted by Gasteiger charge is 2.36. The summed E-state index contributed by atoms with van der Waals surface area (Å²) in [5.74, 6) is -1.13. The van der Waals surface area contributed by atoms with Crippen LogP contribution >= 0.6 is 0 Å². The second-order valence-corrected chi connectivity index (χ2v) is 6.15. The zero-order chi connectivity index (χ0) is 19.5. The highest BCUT2D eigenvalue weighted by Crippen LogP contribution is 2.28. The Kier molecular flexibility index (Phi) is 4.51. The number of fused-ring (bicyclic) bond motifs is 1. The van der Waals surface area contributed by atoms with Gasteiger partial charge in [-0.3, -0.25) is 14.4 Å². The number of hydrogen-bond donors (Lipinski definition) is 1. The van der Waals surface area contributed by atoms with E-state index >= 15 is 0 Å². The van der Waals surface area contributed by atoms with Crippen LogP contribution in [0.4, 0.5) is 5.69 Å². The van der Waals surface area contributed by atoms with Gasteiger partial charge in [-0.1, -0.05) is 42.5 Å². The molecule has 136 valence electrons. The number of benzene rings is 3. The molecular formula is C22H15N3O3. The van der Waals surface area contributed by atoms with Crippen LogP contribution in [0.15, 0.2) is 84.0 Å². The van der Waals surface area contributed by atoms with Crippen LogP contribution in [0.3, 0.4) is 0 Å². The van der Waals surface area contributed by atoms with Crippen LogP contribution in [-0.4, -0.2) is 23.9 Å². The quantitative estimate of drug-likeness (QED) is 0.436. The van der Waals surface area contributed by atoms with Gasteiger partial charge in [-0.05, 0) is 42.0 Å². The van der Waals surface area contributed by atoms with Gasteiger partial charge >= 0.3 is 0 Å². The van der Waals surface area contributed by atoms with Crippen molar-refractivity contribution in [2.45, 2.75) is 0 Å². The van der Waals surface area contributed by atoms with E-state index in [1.807, 2.05) is 30.3 Å². The third-order valence-corrected chi connectivity index (χ3v) is 4.36. The SMILES string of the molecule is O=C(N/N=C/c1ccccc1)c1ccc(N2C(=O)c3ccccc3C2=O)cc1. The minimum atomic E-state index is -0.388. The molecule has 0 saturated heterocycles. The van der Waals surface area contributed by atoms with Crippen molar-refractivity contribution in [3.63, 3.8) is 0 Å². The molecule has 6 nitrogen and oxygen atoms in total. The molecule has 1 heterocycles. The van der Waals surface area contributed by atoms with Crippen LogP contribution in [0, 0.1) is 0 Å². The van der Waals surface area contributed by atoms with Crippen molar-refractivity contribution < 1.29 is 14.4 Å². The second kappa shape index (κ2) is 7.28. The van der Waals surface area contributed by atoms with Crippen LogP contribution in [0.1, 0.15) is 36.6 Å². The standard InChI is InChI=1S/C22H15N3O3/c26-20(24-23-14-15-6-2-1-3-7-15)16-10-12-17(13-11-16)25-21(27)18-8-4-5-9-19(18)22(25)28/h1-14H,(H,24,26)/b23-14+. The van der Waals surface area contributed by atoms with E-state index in [0.717, 1.165) is 10.5 Å². The summed E-state index contributed by atoms with van der Waals surface area (Å²) < 4.78 is 0. The van der Waals surface area contributed by atoms with E-state index in [4.69, 9.17) is 0 Å². The summed E-state index contributed by atoms with van der Waals surface area (Å²) in [6.07, 6.45) is 1.55. The Morgan fingerprint density at radius 3 is 1.96 bits per heavy atom. The third-order valence-electron chi connectivity index (χ3n) is 4.36. The molecule has 0 atom stereocenters. The number of anilines is 1. The maximum Gasteiger partial charge on any atom is 0.271 e. The van der Waals surface area contributed by atoms with E-state index in [0.29, 0.717) is 22.4 Å². The van der Waals surface area contributed by atoms with Gasteiger partial charge in [0, 0.05) is 5.56 Å². The minimum Gasteiger partial charge on any atom is -0.268 e. The number of nitrogens with one attached hydrogen (secondary N) is 1. The van der Waals surface area contributed by atoms with Gasteiger partial charge in [-0.2, -0.15) is 5.10 Å². The summed E-state index contributed by atoms with van der Waals surface area (Å²) >= 11 is 0. The number of imide groups is 1. The summed E-state index contributed by atoms with van der Waals surface area (Å²) in [6.45, 7) is 0. The Bertz CT molecular complexity index is 1050. The molecule has 0 bridgehead atoms. The molecule has 1 aliphatic rings. The number of rotatable bonds is 4. The molecule has 1 aliphatic heterocycles. The van der Waals surface area contributed by atoms with Crippen LogP contribution in [0.5, 0.6) is 0 Å². The molecule has 28 heavy (non-hydrogen) atoms. The van der Waals surface area contributed by atoms with Crippen molar-refractivity contribution in [2.24, 2.45) is 5.10 Å². The first-order valence-corrected chi connectivity index (χ1v) is 8.61. The largest absolute Gasteiger partial charge is 0.271 e. The zero-order valence-corrected chi connectivity index (χ0v) is 14.7. The van der Waals surface area contributed by atoms with E-state index in [1.54, 1.807) is 54.7 Å². The Morgan fingerprint density at radius 2 is 1.36 bits per heavy atom. The van der Waals surface area contributed by atoms with E-state index in [-0.39, 0.29) is 17.7 Å². The zero-order valence-electron chi connectivity index (χ0n) is 14.7. The molecule has 3 amide bonds. The van der Waals surface area contributed by atoms with Crippen molar-refractivity contribution in [1.29, 1.82) is 0 Å². The summed E-state index contributed by atoms with van der Waals surface area (Å²) in [5, 5.41) is 3.93.